The third kappa shape index (κ3) is 6.00. The van der Waals surface area contributed by atoms with E-state index in [1.165, 1.54) is 13.0 Å². The summed E-state index contributed by atoms with van der Waals surface area (Å²) in [4.78, 5) is 19.4. The van der Waals surface area contributed by atoms with Gasteiger partial charge in [0, 0.05) is 12.5 Å². The maximum absolute atomic E-state index is 12.1. The number of ether oxygens (including phenoxy) is 2. The first-order valence-electron chi connectivity index (χ1n) is 7.13. The highest BCUT2D eigenvalue weighted by Gasteiger charge is 2.28. The maximum atomic E-state index is 12.1. The maximum Gasteiger partial charge on any atom is 0.405 e. The van der Waals surface area contributed by atoms with Crippen LogP contribution in [0.2, 0.25) is 5.28 Å². The molecule has 0 saturated carbocycles. The molecule has 2 atom stereocenters. The standard InChI is InChI=1S/C13H16ClF3N4O3/c1-7(11(22)18-6-13(15,16)17)19-9-4-10(21-12(14)20-9)24-8-2-3-23-5-8/h4,7-8H,2-3,5-6H2,1H3,(H,18,22)(H,19,20,21)/t7-,8?/m0/s1. The number of carbonyl (C=O) groups excluding carboxylic acids is 1. The zero-order chi connectivity index (χ0) is 17.7. The van der Waals surface area contributed by atoms with Crippen molar-refractivity contribution in [3.63, 3.8) is 0 Å². The van der Waals surface area contributed by atoms with E-state index < -0.39 is 24.7 Å². The molecule has 134 valence electrons. The molecule has 2 heterocycles. The number of halogens is 4. The summed E-state index contributed by atoms with van der Waals surface area (Å²) in [7, 11) is 0. The molecule has 1 aliphatic rings. The monoisotopic (exact) mass is 368 g/mol. The minimum Gasteiger partial charge on any atom is -0.472 e. The lowest BCUT2D eigenvalue weighted by Gasteiger charge is -2.16. The zero-order valence-electron chi connectivity index (χ0n) is 12.7. The van der Waals surface area contributed by atoms with Crippen LogP contribution in [0.25, 0.3) is 0 Å². The van der Waals surface area contributed by atoms with Gasteiger partial charge in [-0.3, -0.25) is 4.79 Å². The largest absolute Gasteiger partial charge is 0.472 e. The highest BCUT2D eigenvalue weighted by molar-refractivity contribution is 6.28. The molecule has 2 N–H and O–H groups in total. The van der Waals surface area contributed by atoms with Crippen molar-refractivity contribution in [2.75, 3.05) is 25.1 Å². The number of carbonyl (C=O) groups is 1. The molecule has 2 rings (SSSR count). The summed E-state index contributed by atoms with van der Waals surface area (Å²) in [6.45, 7) is 1.01. The lowest BCUT2D eigenvalue weighted by Crippen LogP contribution is -2.42. The third-order valence-electron chi connectivity index (χ3n) is 3.07. The average Bonchev–Trinajstić information content (AvgIpc) is 2.96. The van der Waals surface area contributed by atoms with Gasteiger partial charge >= 0.3 is 6.18 Å². The van der Waals surface area contributed by atoms with Gasteiger partial charge in [-0.1, -0.05) is 0 Å². The Bertz CT molecular complexity index is 582. The van der Waals surface area contributed by atoms with Crippen LogP contribution in [0.4, 0.5) is 19.0 Å². The summed E-state index contributed by atoms with van der Waals surface area (Å²) in [6, 6.07) is 0.457. The minimum atomic E-state index is -4.47. The molecule has 1 aromatic rings. The van der Waals surface area contributed by atoms with Gasteiger partial charge in [-0.2, -0.15) is 18.2 Å². The highest BCUT2D eigenvalue weighted by Crippen LogP contribution is 2.20. The van der Waals surface area contributed by atoms with Crippen LogP contribution in [0.3, 0.4) is 0 Å². The molecule has 1 saturated heterocycles. The smallest absolute Gasteiger partial charge is 0.405 e. The second-order valence-electron chi connectivity index (χ2n) is 5.16. The van der Waals surface area contributed by atoms with Gasteiger partial charge in [-0.05, 0) is 18.5 Å². The molecular formula is C13H16ClF3N4O3. The van der Waals surface area contributed by atoms with Crippen molar-refractivity contribution in [1.82, 2.24) is 15.3 Å². The number of hydrogen-bond acceptors (Lipinski definition) is 6. The Kier molecular flexibility index (Phi) is 6.05. The van der Waals surface area contributed by atoms with Crippen LogP contribution in [0, 0.1) is 0 Å². The lowest BCUT2D eigenvalue weighted by molar-refractivity contribution is -0.138. The quantitative estimate of drug-likeness (QED) is 0.744. The highest BCUT2D eigenvalue weighted by atomic mass is 35.5. The molecule has 0 spiro atoms. The molecule has 0 aliphatic carbocycles. The summed E-state index contributed by atoms with van der Waals surface area (Å²) in [5.74, 6) is -0.469. The van der Waals surface area contributed by atoms with Crippen molar-refractivity contribution in [2.45, 2.75) is 31.7 Å². The minimum absolute atomic E-state index is 0.114. The molecule has 1 unspecified atom stereocenters. The Hall–Kier alpha value is -1.81. The fourth-order valence-electron chi connectivity index (χ4n) is 1.94. The fourth-order valence-corrected chi connectivity index (χ4v) is 2.11. The van der Waals surface area contributed by atoms with E-state index in [2.05, 4.69) is 15.3 Å². The second kappa shape index (κ2) is 7.84. The predicted molar refractivity (Wildman–Crippen MR) is 79.0 cm³/mol. The van der Waals surface area contributed by atoms with E-state index >= 15 is 0 Å². The molecule has 11 heteroatoms. The van der Waals surface area contributed by atoms with Crippen molar-refractivity contribution < 1.29 is 27.4 Å². The van der Waals surface area contributed by atoms with E-state index in [0.717, 1.165) is 0 Å². The van der Waals surface area contributed by atoms with Gasteiger partial charge in [0.25, 0.3) is 0 Å². The van der Waals surface area contributed by atoms with Crippen LogP contribution in [0.1, 0.15) is 13.3 Å². The molecule has 7 nitrogen and oxygen atoms in total. The first kappa shape index (κ1) is 18.5. The Morgan fingerprint density at radius 2 is 2.29 bits per heavy atom. The van der Waals surface area contributed by atoms with Crippen LogP contribution in [-0.4, -0.2) is 54.0 Å². The van der Waals surface area contributed by atoms with Crippen LogP contribution in [0.15, 0.2) is 6.07 Å². The molecule has 0 bridgehead atoms. The van der Waals surface area contributed by atoms with Crippen LogP contribution < -0.4 is 15.4 Å². The summed E-state index contributed by atoms with van der Waals surface area (Å²) < 4.78 is 47.1. The van der Waals surface area contributed by atoms with E-state index in [1.807, 2.05) is 0 Å². The topological polar surface area (TPSA) is 85.4 Å². The van der Waals surface area contributed by atoms with Gasteiger partial charge < -0.3 is 20.1 Å². The molecule has 0 radical (unpaired) electrons. The number of amides is 1. The van der Waals surface area contributed by atoms with E-state index in [0.29, 0.717) is 19.6 Å². The van der Waals surface area contributed by atoms with Gasteiger partial charge in [0.1, 0.15) is 24.5 Å². The van der Waals surface area contributed by atoms with Crippen molar-refractivity contribution >= 4 is 23.3 Å². The first-order valence-corrected chi connectivity index (χ1v) is 7.51. The van der Waals surface area contributed by atoms with Gasteiger partial charge in [-0.15, -0.1) is 0 Å². The van der Waals surface area contributed by atoms with Crippen LogP contribution in [0.5, 0.6) is 5.88 Å². The van der Waals surface area contributed by atoms with Crippen LogP contribution in [-0.2, 0) is 9.53 Å². The number of anilines is 1. The Morgan fingerprint density at radius 3 is 2.92 bits per heavy atom. The predicted octanol–water partition coefficient (Wildman–Crippen LogP) is 1.78. The van der Waals surface area contributed by atoms with Crippen LogP contribution >= 0.6 is 11.6 Å². The fraction of sp³-hybridized carbons (Fsp3) is 0.615. The number of nitrogens with zero attached hydrogens (tertiary/aromatic N) is 2. The molecule has 1 fully saturated rings. The molecule has 1 aliphatic heterocycles. The SMILES string of the molecule is C[C@H](Nc1cc(OC2CCOC2)nc(Cl)n1)C(=O)NCC(F)(F)F. The van der Waals surface area contributed by atoms with Gasteiger partial charge in [-0.25, -0.2) is 4.98 Å². The zero-order valence-corrected chi connectivity index (χ0v) is 13.4. The lowest BCUT2D eigenvalue weighted by atomic mass is 10.3. The summed E-state index contributed by atoms with van der Waals surface area (Å²) >= 11 is 5.80. The second-order valence-corrected chi connectivity index (χ2v) is 5.50. The van der Waals surface area contributed by atoms with E-state index in [-0.39, 0.29) is 23.1 Å². The van der Waals surface area contributed by atoms with Crippen molar-refractivity contribution in [3.05, 3.63) is 11.3 Å². The van der Waals surface area contributed by atoms with Crippen molar-refractivity contribution in [1.29, 1.82) is 0 Å². The van der Waals surface area contributed by atoms with E-state index in [1.54, 1.807) is 5.32 Å². The summed E-state index contributed by atoms with van der Waals surface area (Å²) in [5, 5.41) is 4.32. The Labute approximate surface area is 140 Å². The summed E-state index contributed by atoms with van der Waals surface area (Å²) in [5.41, 5.74) is 0. The molecule has 0 aromatic carbocycles. The Morgan fingerprint density at radius 1 is 1.54 bits per heavy atom. The number of alkyl halides is 3. The van der Waals surface area contributed by atoms with E-state index in [9.17, 15) is 18.0 Å². The summed E-state index contributed by atoms with van der Waals surface area (Å²) in [6.07, 6.45) is -3.92. The number of hydrogen-bond donors (Lipinski definition) is 2. The normalized spacial score (nSPS) is 19.0. The third-order valence-corrected chi connectivity index (χ3v) is 3.24. The Balaban J connectivity index is 1.95. The molecule has 1 amide bonds. The first-order chi connectivity index (χ1) is 11.2. The van der Waals surface area contributed by atoms with Crippen molar-refractivity contribution in [3.8, 4) is 5.88 Å². The molecule has 1 aromatic heterocycles. The number of rotatable bonds is 6. The van der Waals surface area contributed by atoms with Gasteiger partial charge in [0.2, 0.25) is 17.1 Å². The average molecular weight is 369 g/mol. The number of nitrogens with one attached hydrogen (secondary N) is 2. The van der Waals surface area contributed by atoms with E-state index in [4.69, 9.17) is 21.1 Å². The molecular weight excluding hydrogens is 353 g/mol. The van der Waals surface area contributed by atoms with Gasteiger partial charge in [0.05, 0.1) is 13.2 Å². The van der Waals surface area contributed by atoms with Gasteiger partial charge in [0.15, 0.2) is 0 Å². The van der Waals surface area contributed by atoms with Crippen molar-refractivity contribution in [2.24, 2.45) is 0 Å². The molecule has 24 heavy (non-hydrogen) atoms. The number of aromatic nitrogens is 2.